The Labute approximate surface area is 157 Å². The molecule has 136 valence electrons. The minimum Gasteiger partial charge on any atom is -0.399 e. The molecule has 0 aromatic heterocycles. The van der Waals surface area contributed by atoms with Gasteiger partial charge in [-0.25, -0.2) is 0 Å². The van der Waals surface area contributed by atoms with Crippen molar-refractivity contribution < 1.29 is 4.79 Å². The third kappa shape index (κ3) is 7.18. The van der Waals surface area contributed by atoms with Crippen molar-refractivity contribution in [3.05, 3.63) is 65.2 Å². The highest BCUT2D eigenvalue weighted by atomic mass is 35.5. The summed E-state index contributed by atoms with van der Waals surface area (Å²) in [5.41, 5.74) is 10.3. The van der Waals surface area contributed by atoms with Crippen molar-refractivity contribution in [1.29, 1.82) is 0 Å². The molecule has 25 heavy (non-hydrogen) atoms. The van der Waals surface area contributed by atoms with Gasteiger partial charge < -0.3 is 11.1 Å². The summed E-state index contributed by atoms with van der Waals surface area (Å²) in [7, 11) is 0. The second-order valence-electron chi connectivity index (χ2n) is 7.29. The van der Waals surface area contributed by atoms with Crippen LogP contribution in [0.2, 0.25) is 0 Å². The predicted molar refractivity (Wildman–Crippen MR) is 108 cm³/mol. The second-order valence-corrected chi connectivity index (χ2v) is 7.29. The van der Waals surface area contributed by atoms with E-state index < -0.39 is 0 Å². The summed E-state index contributed by atoms with van der Waals surface area (Å²) in [6.07, 6.45) is 2.13. The van der Waals surface area contributed by atoms with Gasteiger partial charge in [-0.1, -0.05) is 57.2 Å². The molecular weight excluding hydrogens is 332 g/mol. The van der Waals surface area contributed by atoms with Crippen LogP contribution in [0.4, 0.5) is 5.69 Å². The Balaban J connectivity index is 0.00000312. The number of nitrogens with one attached hydrogen (secondary N) is 1. The van der Waals surface area contributed by atoms with Crippen LogP contribution in [0.5, 0.6) is 0 Å². The first-order valence-corrected chi connectivity index (χ1v) is 8.55. The normalized spacial score (nSPS) is 10.8. The molecule has 0 aliphatic heterocycles. The molecule has 0 aliphatic carbocycles. The summed E-state index contributed by atoms with van der Waals surface area (Å²) in [5.74, 6) is 0.102. The van der Waals surface area contributed by atoms with Gasteiger partial charge in [0.2, 0.25) is 5.91 Å². The van der Waals surface area contributed by atoms with Gasteiger partial charge in [-0.3, -0.25) is 4.79 Å². The number of aryl methyl sites for hydroxylation is 1. The van der Waals surface area contributed by atoms with E-state index in [1.165, 1.54) is 16.7 Å². The fraction of sp³-hybridized carbons (Fsp3) is 0.381. The summed E-state index contributed by atoms with van der Waals surface area (Å²) in [6.45, 7) is 7.27. The van der Waals surface area contributed by atoms with Gasteiger partial charge >= 0.3 is 0 Å². The quantitative estimate of drug-likeness (QED) is 0.755. The Morgan fingerprint density at radius 3 is 2.00 bits per heavy atom. The number of rotatable bonds is 6. The highest BCUT2D eigenvalue weighted by molar-refractivity contribution is 5.85. The summed E-state index contributed by atoms with van der Waals surface area (Å²) >= 11 is 0. The lowest BCUT2D eigenvalue weighted by Crippen LogP contribution is -2.25. The molecule has 0 aliphatic rings. The lowest BCUT2D eigenvalue weighted by molar-refractivity contribution is -0.121. The van der Waals surface area contributed by atoms with Crippen molar-refractivity contribution in [2.24, 2.45) is 0 Å². The molecule has 1 amide bonds. The van der Waals surface area contributed by atoms with Gasteiger partial charge in [0.1, 0.15) is 0 Å². The largest absolute Gasteiger partial charge is 0.399 e. The zero-order valence-electron chi connectivity index (χ0n) is 15.3. The number of halogens is 1. The molecule has 0 saturated carbocycles. The molecule has 4 heteroatoms. The van der Waals surface area contributed by atoms with Crippen LogP contribution in [0.15, 0.2) is 48.5 Å². The zero-order valence-corrected chi connectivity index (χ0v) is 16.2. The molecule has 2 aromatic carbocycles. The Morgan fingerprint density at radius 2 is 1.44 bits per heavy atom. The summed E-state index contributed by atoms with van der Waals surface area (Å²) in [6, 6.07) is 16.3. The van der Waals surface area contributed by atoms with E-state index in [4.69, 9.17) is 5.73 Å². The van der Waals surface area contributed by atoms with Crippen molar-refractivity contribution in [1.82, 2.24) is 5.32 Å². The van der Waals surface area contributed by atoms with Crippen molar-refractivity contribution in [2.45, 2.75) is 45.4 Å². The van der Waals surface area contributed by atoms with Crippen molar-refractivity contribution >= 4 is 24.0 Å². The summed E-state index contributed by atoms with van der Waals surface area (Å²) < 4.78 is 0. The van der Waals surface area contributed by atoms with E-state index >= 15 is 0 Å². The molecule has 3 nitrogen and oxygen atoms in total. The third-order valence-electron chi connectivity index (χ3n) is 4.18. The minimum absolute atomic E-state index is 0. The first-order valence-electron chi connectivity index (χ1n) is 8.55. The Bertz CT molecular complexity index is 658. The number of hydrogen-bond donors (Lipinski definition) is 2. The predicted octanol–water partition coefficient (Wildman–Crippen LogP) is 4.28. The van der Waals surface area contributed by atoms with Gasteiger partial charge in [-0.2, -0.15) is 0 Å². The maximum atomic E-state index is 12.0. The molecule has 2 aromatic rings. The molecule has 0 unspecified atom stereocenters. The van der Waals surface area contributed by atoms with Gasteiger partial charge in [0.25, 0.3) is 0 Å². The van der Waals surface area contributed by atoms with E-state index in [-0.39, 0.29) is 23.7 Å². The maximum absolute atomic E-state index is 12.0. The monoisotopic (exact) mass is 360 g/mol. The number of anilines is 1. The molecule has 0 spiro atoms. The zero-order chi connectivity index (χ0) is 17.6. The number of hydrogen-bond acceptors (Lipinski definition) is 2. The highest BCUT2D eigenvalue weighted by Gasteiger charge is 2.12. The third-order valence-corrected chi connectivity index (χ3v) is 4.18. The number of amides is 1. The van der Waals surface area contributed by atoms with Crippen molar-refractivity contribution in [3.8, 4) is 0 Å². The topological polar surface area (TPSA) is 55.1 Å². The lowest BCUT2D eigenvalue weighted by atomic mass is 9.86. The fourth-order valence-electron chi connectivity index (χ4n) is 2.55. The SMILES string of the molecule is CC(C)(C)c1ccc(CCC(=O)NCCc2ccc(N)cc2)cc1.Cl. The van der Waals surface area contributed by atoms with Gasteiger partial charge in [-0.05, 0) is 47.1 Å². The number of benzene rings is 2. The number of nitrogens with two attached hydrogens (primary N) is 1. The molecule has 2 rings (SSSR count). The minimum atomic E-state index is 0. The fourth-order valence-corrected chi connectivity index (χ4v) is 2.55. The maximum Gasteiger partial charge on any atom is 0.220 e. The van der Waals surface area contributed by atoms with Crippen molar-refractivity contribution in [3.63, 3.8) is 0 Å². The first kappa shape index (κ1) is 21.0. The molecule has 3 N–H and O–H groups in total. The Kier molecular flexibility index (Phi) is 7.98. The Morgan fingerprint density at radius 1 is 0.920 bits per heavy atom. The van der Waals surface area contributed by atoms with Crippen LogP contribution in [-0.4, -0.2) is 12.5 Å². The smallest absolute Gasteiger partial charge is 0.220 e. The molecule has 0 atom stereocenters. The van der Waals surface area contributed by atoms with E-state index in [1.54, 1.807) is 0 Å². The van der Waals surface area contributed by atoms with Crippen LogP contribution in [0, 0.1) is 0 Å². The average molecular weight is 361 g/mol. The van der Waals surface area contributed by atoms with Crippen LogP contribution in [0.25, 0.3) is 0 Å². The van der Waals surface area contributed by atoms with E-state index in [9.17, 15) is 4.79 Å². The van der Waals surface area contributed by atoms with Gasteiger partial charge in [0.05, 0.1) is 0 Å². The molecule has 0 fully saturated rings. The van der Waals surface area contributed by atoms with E-state index in [0.29, 0.717) is 13.0 Å². The molecule has 0 heterocycles. The second kappa shape index (κ2) is 9.47. The molecule has 0 saturated heterocycles. The summed E-state index contributed by atoms with van der Waals surface area (Å²) in [5, 5.41) is 2.98. The lowest BCUT2D eigenvalue weighted by Gasteiger charge is -2.19. The van der Waals surface area contributed by atoms with E-state index in [1.807, 2.05) is 24.3 Å². The highest BCUT2D eigenvalue weighted by Crippen LogP contribution is 2.22. The number of carbonyl (C=O) groups is 1. The van der Waals surface area contributed by atoms with Gasteiger partial charge in [-0.15, -0.1) is 12.4 Å². The standard InChI is InChI=1S/C21H28N2O.ClH/c1-21(2,3)18-9-4-16(5-10-18)8-13-20(24)23-15-14-17-6-11-19(22)12-7-17;/h4-7,9-12H,8,13-15,22H2,1-3H3,(H,23,24);1H. The van der Waals surface area contributed by atoms with Crippen LogP contribution in [0.1, 0.15) is 43.9 Å². The summed E-state index contributed by atoms with van der Waals surface area (Å²) in [4.78, 5) is 12.0. The molecular formula is C21H29ClN2O. The Hall–Kier alpha value is -2.00. The average Bonchev–Trinajstić information content (AvgIpc) is 2.54. The van der Waals surface area contributed by atoms with Crippen molar-refractivity contribution in [2.75, 3.05) is 12.3 Å². The van der Waals surface area contributed by atoms with E-state index in [2.05, 4.69) is 50.4 Å². The van der Waals surface area contributed by atoms with Crippen LogP contribution >= 0.6 is 12.4 Å². The molecule has 0 radical (unpaired) electrons. The van der Waals surface area contributed by atoms with Crippen LogP contribution in [0.3, 0.4) is 0 Å². The van der Waals surface area contributed by atoms with Crippen LogP contribution < -0.4 is 11.1 Å². The molecule has 0 bridgehead atoms. The van der Waals surface area contributed by atoms with Gasteiger partial charge in [0.15, 0.2) is 0 Å². The number of carbonyl (C=O) groups excluding carboxylic acids is 1. The van der Waals surface area contributed by atoms with Crippen LogP contribution in [-0.2, 0) is 23.1 Å². The number of nitrogen functional groups attached to an aromatic ring is 1. The van der Waals surface area contributed by atoms with Gasteiger partial charge in [0, 0.05) is 18.7 Å². The van der Waals surface area contributed by atoms with E-state index in [0.717, 1.165) is 18.5 Å². The first-order chi connectivity index (χ1) is 11.3.